The van der Waals surface area contributed by atoms with Crippen LogP contribution in [0.1, 0.15) is 37.8 Å². The molecular formula is C14H21N. The van der Waals surface area contributed by atoms with Crippen LogP contribution in [0.4, 0.5) is 0 Å². The Bertz CT molecular complexity index is 337. The third kappa shape index (κ3) is 2.82. The molecule has 0 radical (unpaired) electrons. The van der Waals surface area contributed by atoms with Gasteiger partial charge in [-0.15, -0.1) is 0 Å². The van der Waals surface area contributed by atoms with Crippen LogP contribution in [0.2, 0.25) is 0 Å². The number of benzene rings is 1. The number of rotatable bonds is 4. The first-order chi connectivity index (χ1) is 7.08. The minimum Gasteiger partial charge on any atom is -0.307 e. The Labute approximate surface area is 92.9 Å². The van der Waals surface area contributed by atoms with Crippen molar-refractivity contribution in [3.05, 3.63) is 35.4 Å². The summed E-state index contributed by atoms with van der Waals surface area (Å²) in [5.74, 6) is 0.891. The fraction of sp³-hybridized carbons (Fsp3) is 0.571. The molecule has 1 saturated carbocycles. The molecule has 82 valence electrons. The molecule has 1 aromatic rings. The Morgan fingerprint density at radius 3 is 2.67 bits per heavy atom. The van der Waals surface area contributed by atoms with E-state index in [1.165, 1.54) is 24.0 Å². The summed E-state index contributed by atoms with van der Waals surface area (Å²) in [6.45, 7) is 7.78. The van der Waals surface area contributed by atoms with Crippen LogP contribution in [-0.4, -0.2) is 5.54 Å². The maximum atomic E-state index is 3.66. The van der Waals surface area contributed by atoms with Gasteiger partial charge >= 0.3 is 0 Å². The van der Waals surface area contributed by atoms with E-state index < -0.39 is 0 Å². The summed E-state index contributed by atoms with van der Waals surface area (Å²) >= 11 is 0. The summed E-state index contributed by atoms with van der Waals surface area (Å²) in [7, 11) is 0. The molecule has 1 aromatic carbocycles. The molecule has 15 heavy (non-hydrogen) atoms. The van der Waals surface area contributed by atoms with Crippen LogP contribution in [0.25, 0.3) is 0 Å². The lowest BCUT2D eigenvalue weighted by Gasteiger charge is -2.26. The predicted octanol–water partition coefficient (Wildman–Crippen LogP) is 3.27. The maximum Gasteiger partial charge on any atom is 0.0210 e. The molecule has 1 aliphatic carbocycles. The second-order valence-electron chi connectivity index (χ2n) is 5.34. The molecule has 0 heterocycles. The molecule has 1 aliphatic rings. The molecule has 0 unspecified atom stereocenters. The molecule has 0 amide bonds. The summed E-state index contributed by atoms with van der Waals surface area (Å²) in [5.41, 5.74) is 3.05. The third-order valence-electron chi connectivity index (χ3n) is 3.43. The van der Waals surface area contributed by atoms with Crippen LogP contribution >= 0.6 is 0 Å². The summed E-state index contributed by atoms with van der Waals surface area (Å²) < 4.78 is 0. The van der Waals surface area contributed by atoms with Crippen molar-refractivity contribution in [1.82, 2.24) is 5.32 Å². The van der Waals surface area contributed by atoms with Gasteiger partial charge in [0, 0.05) is 12.1 Å². The highest BCUT2D eigenvalue weighted by atomic mass is 15.0. The molecule has 1 fully saturated rings. The van der Waals surface area contributed by atoms with Crippen molar-refractivity contribution in [2.45, 2.75) is 45.7 Å². The Kier molecular flexibility index (Phi) is 2.83. The quantitative estimate of drug-likeness (QED) is 0.792. The molecular weight excluding hydrogens is 182 g/mol. The van der Waals surface area contributed by atoms with E-state index in [0.717, 1.165) is 12.5 Å². The molecule has 2 rings (SSSR count). The van der Waals surface area contributed by atoms with E-state index in [-0.39, 0.29) is 0 Å². The van der Waals surface area contributed by atoms with E-state index in [1.54, 1.807) is 0 Å². The van der Waals surface area contributed by atoms with Gasteiger partial charge in [-0.3, -0.25) is 0 Å². The minimum absolute atomic E-state index is 0.309. The standard InChI is InChI=1S/C14H21N/c1-11-5-4-6-12(9-11)10-15-14(2,3)13-7-8-13/h4-6,9,13,15H,7-8,10H2,1-3H3. The van der Waals surface area contributed by atoms with Crippen molar-refractivity contribution in [1.29, 1.82) is 0 Å². The Morgan fingerprint density at radius 1 is 1.33 bits per heavy atom. The molecule has 0 saturated heterocycles. The van der Waals surface area contributed by atoms with E-state index in [0.29, 0.717) is 5.54 Å². The van der Waals surface area contributed by atoms with Gasteiger partial charge in [0.2, 0.25) is 0 Å². The zero-order valence-corrected chi connectivity index (χ0v) is 10.0. The van der Waals surface area contributed by atoms with Crippen molar-refractivity contribution in [2.75, 3.05) is 0 Å². The van der Waals surface area contributed by atoms with Gasteiger partial charge in [0.1, 0.15) is 0 Å². The SMILES string of the molecule is Cc1cccc(CNC(C)(C)C2CC2)c1. The molecule has 0 atom stereocenters. The van der Waals surface area contributed by atoms with Gasteiger partial charge in [0.15, 0.2) is 0 Å². The van der Waals surface area contributed by atoms with Crippen LogP contribution in [0, 0.1) is 12.8 Å². The molecule has 0 aliphatic heterocycles. The highest BCUT2D eigenvalue weighted by Crippen LogP contribution is 2.39. The van der Waals surface area contributed by atoms with Crippen LogP contribution in [0.5, 0.6) is 0 Å². The Hall–Kier alpha value is -0.820. The lowest BCUT2D eigenvalue weighted by molar-refractivity contribution is 0.339. The highest BCUT2D eigenvalue weighted by Gasteiger charge is 2.36. The summed E-state index contributed by atoms with van der Waals surface area (Å²) in [6, 6.07) is 8.74. The molecule has 0 bridgehead atoms. The van der Waals surface area contributed by atoms with Crippen LogP contribution in [0.3, 0.4) is 0 Å². The third-order valence-corrected chi connectivity index (χ3v) is 3.43. The van der Waals surface area contributed by atoms with Crippen LogP contribution in [0.15, 0.2) is 24.3 Å². The van der Waals surface area contributed by atoms with Crippen molar-refractivity contribution >= 4 is 0 Å². The lowest BCUT2D eigenvalue weighted by Crippen LogP contribution is -2.40. The van der Waals surface area contributed by atoms with Gasteiger partial charge in [-0.25, -0.2) is 0 Å². The maximum absolute atomic E-state index is 3.66. The Morgan fingerprint density at radius 2 is 2.07 bits per heavy atom. The number of aryl methyl sites for hydroxylation is 1. The average Bonchev–Trinajstić information content (AvgIpc) is 2.98. The van der Waals surface area contributed by atoms with Gasteiger partial charge in [-0.1, -0.05) is 29.8 Å². The van der Waals surface area contributed by atoms with Gasteiger partial charge in [-0.2, -0.15) is 0 Å². The number of nitrogens with one attached hydrogen (secondary N) is 1. The largest absolute Gasteiger partial charge is 0.307 e. The molecule has 1 heteroatoms. The summed E-state index contributed by atoms with van der Waals surface area (Å²) in [4.78, 5) is 0. The number of hydrogen-bond donors (Lipinski definition) is 1. The van der Waals surface area contributed by atoms with Crippen molar-refractivity contribution in [3.8, 4) is 0 Å². The molecule has 0 aromatic heterocycles. The first kappa shape index (κ1) is 10.7. The summed E-state index contributed by atoms with van der Waals surface area (Å²) in [5, 5.41) is 3.66. The minimum atomic E-state index is 0.309. The second-order valence-corrected chi connectivity index (χ2v) is 5.34. The monoisotopic (exact) mass is 203 g/mol. The van der Waals surface area contributed by atoms with E-state index >= 15 is 0 Å². The zero-order valence-electron chi connectivity index (χ0n) is 10.0. The number of hydrogen-bond acceptors (Lipinski definition) is 1. The smallest absolute Gasteiger partial charge is 0.0210 e. The highest BCUT2D eigenvalue weighted by molar-refractivity contribution is 5.22. The van der Waals surface area contributed by atoms with Gasteiger partial charge in [0.25, 0.3) is 0 Å². The lowest BCUT2D eigenvalue weighted by atomic mass is 9.98. The fourth-order valence-corrected chi connectivity index (χ4v) is 2.10. The predicted molar refractivity (Wildman–Crippen MR) is 64.8 cm³/mol. The van der Waals surface area contributed by atoms with E-state index in [9.17, 15) is 0 Å². The van der Waals surface area contributed by atoms with Gasteiger partial charge in [0.05, 0.1) is 0 Å². The van der Waals surface area contributed by atoms with Crippen LogP contribution < -0.4 is 5.32 Å². The molecule has 0 spiro atoms. The van der Waals surface area contributed by atoms with E-state index in [1.807, 2.05) is 0 Å². The van der Waals surface area contributed by atoms with E-state index in [4.69, 9.17) is 0 Å². The Balaban J connectivity index is 1.92. The summed E-state index contributed by atoms with van der Waals surface area (Å²) in [6.07, 6.45) is 2.79. The van der Waals surface area contributed by atoms with Crippen molar-refractivity contribution in [2.24, 2.45) is 5.92 Å². The normalized spacial score (nSPS) is 16.7. The topological polar surface area (TPSA) is 12.0 Å². The van der Waals surface area contributed by atoms with Crippen LogP contribution in [-0.2, 0) is 6.54 Å². The second kappa shape index (κ2) is 3.97. The first-order valence-electron chi connectivity index (χ1n) is 5.88. The average molecular weight is 203 g/mol. The zero-order chi connectivity index (χ0) is 10.9. The fourth-order valence-electron chi connectivity index (χ4n) is 2.10. The molecule has 1 N–H and O–H groups in total. The van der Waals surface area contributed by atoms with E-state index in [2.05, 4.69) is 50.4 Å². The molecule has 1 nitrogen and oxygen atoms in total. The van der Waals surface area contributed by atoms with Gasteiger partial charge < -0.3 is 5.32 Å². The van der Waals surface area contributed by atoms with Crippen molar-refractivity contribution < 1.29 is 0 Å². The van der Waals surface area contributed by atoms with Crippen molar-refractivity contribution in [3.63, 3.8) is 0 Å². The first-order valence-corrected chi connectivity index (χ1v) is 5.88. The van der Waals surface area contributed by atoms with Gasteiger partial charge in [-0.05, 0) is 45.1 Å².